The maximum atomic E-state index is 3.55. The molecule has 0 bridgehead atoms. The normalized spacial score (nSPS) is 19.0. The van der Waals surface area contributed by atoms with E-state index >= 15 is 0 Å². The van der Waals surface area contributed by atoms with E-state index in [-0.39, 0.29) is 0 Å². The molecule has 1 atom stereocenters. The second kappa shape index (κ2) is 8.89. The van der Waals surface area contributed by atoms with Gasteiger partial charge in [0.2, 0.25) is 0 Å². The van der Waals surface area contributed by atoms with Gasteiger partial charge in [-0.25, -0.2) is 0 Å². The maximum absolute atomic E-state index is 3.55. The van der Waals surface area contributed by atoms with Crippen LogP contribution in [0.2, 0.25) is 0 Å². The van der Waals surface area contributed by atoms with Crippen molar-refractivity contribution in [1.29, 1.82) is 0 Å². The minimum Gasteiger partial charge on any atom is -0.316 e. The first-order valence-electron chi connectivity index (χ1n) is 7.69. The van der Waals surface area contributed by atoms with Gasteiger partial charge in [-0.05, 0) is 57.9 Å². The molecule has 3 heteroatoms. The number of nitrogens with one attached hydrogen (secondary N) is 1. The summed E-state index contributed by atoms with van der Waals surface area (Å²) < 4.78 is 0. The highest BCUT2D eigenvalue weighted by atomic mass is 15.2. The number of hydrogen-bond donors (Lipinski definition) is 1. The van der Waals surface area contributed by atoms with Gasteiger partial charge in [-0.2, -0.15) is 0 Å². The van der Waals surface area contributed by atoms with E-state index in [0.717, 1.165) is 24.9 Å². The predicted octanol–water partition coefficient (Wildman–Crippen LogP) is 1.90. The van der Waals surface area contributed by atoms with Crippen LogP contribution in [-0.4, -0.2) is 62.7 Å². The molecule has 0 radical (unpaired) electrons. The third-order valence-electron chi connectivity index (χ3n) is 3.67. The van der Waals surface area contributed by atoms with Gasteiger partial charge in [0.25, 0.3) is 0 Å². The Kier molecular flexibility index (Phi) is 7.87. The fourth-order valence-corrected chi connectivity index (χ4v) is 2.62. The van der Waals surface area contributed by atoms with Crippen LogP contribution in [0.1, 0.15) is 33.6 Å². The van der Waals surface area contributed by atoms with Crippen LogP contribution in [0.15, 0.2) is 0 Å². The molecule has 108 valence electrons. The van der Waals surface area contributed by atoms with Crippen LogP contribution in [0, 0.1) is 11.8 Å². The molecule has 0 amide bonds. The van der Waals surface area contributed by atoms with Crippen molar-refractivity contribution in [3.63, 3.8) is 0 Å². The molecule has 0 aromatic heterocycles. The molecular formula is C15H33N3. The lowest BCUT2D eigenvalue weighted by atomic mass is 10.1. The molecule has 0 aromatic carbocycles. The van der Waals surface area contributed by atoms with Crippen molar-refractivity contribution in [3.05, 3.63) is 0 Å². The van der Waals surface area contributed by atoms with Crippen LogP contribution in [0.25, 0.3) is 0 Å². The fourth-order valence-electron chi connectivity index (χ4n) is 2.62. The van der Waals surface area contributed by atoms with Crippen LogP contribution in [0.4, 0.5) is 0 Å². The Labute approximate surface area is 114 Å². The van der Waals surface area contributed by atoms with E-state index in [2.05, 4.69) is 42.9 Å². The summed E-state index contributed by atoms with van der Waals surface area (Å²) in [6, 6.07) is 0. The zero-order valence-corrected chi connectivity index (χ0v) is 12.9. The highest BCUT2D eigenvalue weighted by Gasteiger charge is 2.12. The molecule has 1 N–H and O–H groups in total. The lowest BCUT2D eigenvalue weighted by Crippen LogP contribution is -2.36. The van der Waals surface area contributed by atoms with Gasteiger partial charge in [0, 0.05) is 19.6 Å². The second-order valence-corrected chi connectivity index (χ2v) is 6.47. The summed E-state index contributed by atoms with van der Waals surface area (Å²) >= 11 is 0. The molecule has 0 spiro atoms. The van der Waals surface area contributed by atoms with Gasteiger partial charge in [0.05, 0.1) is 0 Å². The maximum Gasteiger partial charge on any atom is 0.0109 e. The van der Waals surface area contributed by atoms with E-state index in [1.54, 1.807) is 0 Å². The largest absolute Gasteiger partial charge is 0.316 e. The average Bonchev–Trinajstić information content (AvgIpc) is 2.78. The van der Waals surface area contributed by atoms with Crippen molar-refractivity contribution >= 4 is 0 Å². The zero-order valence-electron chi connectivity index (χ0n) is 12.9. The lowest BCUT2D eigenvalue weighted by molar-refractivity contribution is 0.233. The average molecular weight is 255 g/mol. The Balaban J connectivity index is 2.01. The number of likely N-dealkylation sites (N-methyl/N-ethyl adjacent to an activating group) is 1. The summed E-state index contributed by atoms with van der Waals surface area (Å²) in [4.78, 5) is 5.08. The molecule has 0 aliphatic carbocycles. The van der Waals surface area contributed by atoms with Gasteiger partial charge in [-0.3, -0.25) is 0 Å². The minimum atomic E-state index is 0.743. The van der Waals surface area contributed by atoms with E-state index < -0.39 is 0 Å². The smallest absolute Gasteiger partial charge is 0.0109 e. The van der Waals surface area contributed by atoms with Crippen molar-refractivity contribution in [3.8, 4) is 0 Å². The molecule has 1 aliphatic rings. The molecule has 18 heavy (non-hydrogen) atoms. The molecule has 1 heterocycles. The van der Waals surface area contributed by atoms with Crippen molar-refractivity contribution < 1.29 is 0 Å². The fraction of sp³-hybridized carbons (Fsp3) is 1.00. The summed E-state index contributed by atoms with van der Waals surface area (Å²) in [7, 11) is 2.26. The van der Waals surface area contributed by atoms with Crippen LogP contribution in [-0.2, 0) is 0 Å². The van der Waals surface area contributed by atoms with E-state index in [0.29, 0.717) is 0 Å². The Hall–Kier alpha value is -0.120. The van der Waals surface area contributed by atoms with Gasteiger partial charge in [-0.1, -0.05) is 20.8 Å². The van der Waals surface area contributed by atoms with E-state index in [1.165, 1.54) is 45.6 Å². The molecule has 1 unspecified atom stereocenters. The number of rotatable bonds is 9. The lowest BCUT2D eigenvalue weighted by Gasteiger charge is -2.24. The van der Waals surface area contributed by atoms with Crippen LogP contribution < -0.4 is 5.32 Å². The monoisotopic (exact) mass is 255 g/mol. The predicted molar refractivity (Wildman–Crippen MR) is 80.0 cm³/mol. The first-order valence-corrected chi connectivity index (χ1v) is 7.69. The van der Waals surface area contributed by atoms with Gasteiger partial charge in [0.15, 0.2) is 0 Å². The number of hydrogen-bond acceptors (Lipinski definition) is 3. The summed E-state index contributed by atoms with van der Waals surface area (Å²) in [5, 5.41) is 3.55. The molecule has 1 rings (SSSR count). The Morgan fingerprint density at radius 3 is 2.39 bits per heavy atom. The van der Waals surface area contributed by atoms with Crippen molar-refractivity contribution in [1.82, 2.24) is 15.1 Å². The van der Waals surface area contributed by atoms with Gasteiger partial charge in [0.1, 0.15) is 0 Å². The Morgan fingerprint density at radius 2 is 1.78 bits per heavy atom. The summed E-state index contributed by atoms with van der Waals surface area (Å²) in [6.45, 7) is 15.5. The first-order chi connectivity index (χ1) is 8.58. The first kappa shape index (κ1) is 15.9. The van der Waals surface area contributed by atoms with Gasteiger partial charge >= 0.3 is 0 Å². The SMILES string of the molecule is CC(C)CNCC(C)CN(C)CCN1CCCC1. The molecule has 0 saturated carbocycles. The van der Waals surface area contributed by atoms with Crippen LogP contribution >= 0.6 is 0 Å². The van der Waals surface area contributed by atoms with Crippen LogP contribution in [0.3, 0.4) is 0 Å². The van der Waals surface area contributed by atoms with Crippen molar-refractivity contribution in [2.24, 2.45) is 11.8 Å². The second-order valence-electron chi connectivity index (χ2n) is 6.47. The number of nitrogens with zero attached hydrogens (tertiary/aromatic N) is 2. The third-order valence-corrected chi connectivity index (χ3v) is 3.67. The molecule has 1 fully saturated rings. The highest BCUT2D eigenvalue weighted by molar-refractivity contribution is 4.69. The molecule has 1 aliphatic heterocycles. The summed E-state index contributed by atoms with van der Waals surface area (Å²) in [5.41, 5.74) is 0. The van der Waals surface area contributed by atoms with E-state index in [9.17, 15) is 0 Å². The van der Waals surface area contributed by atoms with Gasteiger partial charge < -0.3 is 15.1 Å². The number of likely N-dealkylation sites (tertiary alicyclic amines) is 1. The summed E-state index contributed by atoms with van der Waals surface area (Å²) in [5.74, 6) is 1.50. The van der Waals surface area contributed by atoms with E-state index in [1.807, 2.05) is 0 Å². The molecular weight excluding hydrogens is 222 g/mol. The minimum absolute atomic E-state index is 0.743. The Bertz CT molecular complexity index is 200. The van der Waals surface area contributed by atoms with E-state index in [4.69, 9.17) is 0 Å². The molecule has 0 aromatic rings. The standard InChI is InChI=1S/C15H33N3/c1-14(2)11-16-12-15(3)13-17(4)9-10-18-7-5-6-8-18/h14-16H,5-13H2,1-4H3. The Morgan fingerprint density at radius 1 is 1.11 bits per heavy atom. The zero-order chi connectivity index (χ0) is 13.4. The molecule has 3 nitrogen and oxygen atoms in total. The van der Waals surface area contributed by atoms with Crippen molar-refractivity contribution in [2.45, 2.75) is 33.6 Å². The highest BCUT2D eigenvalue weighted by Crippen LogP contribution is 2.06. The topological polar surface area (TPSA) is 18.5 Å². The van der Waals surface area contributed by atoms with Crippen molar-refractivity contribution in [2.75, 3.05) is 52.9 Å². The van der Waals surface area contributed by atoms with Gasteiger partial charge in [-0.15, -0.1) is 0 Å². The summed E-state index contributed by atoms with van der Waals surface area (Å²) in [6.07, 6.45) is 2.80. The van der Waals surface area contributed by atoms with Crippen LogP contribution in [0.5, 0.6) is 0 Å². The third kappa shape index (κ3) is 7.34. The molecule has 1 saturated heterocycles. The quantitative estimate of drug-likeness (QED) is 0.679.